The van der Waals surface area contributed by atoms with Gasteiger partial charge in [0.25, 0.3) is 0 Å². The van der Waals surface area contributed by atoms with Crippen LogP contribution in [0.5, 0.6) is 0 Å². The lowest BCUT2D eigenvalue weighted by Gasteiger charge is -2.34. The van der Waals surface area contributed by atoms with Crippen molar-refractivity contribution in [2.75, 3.05) is 26.3 Å². The summed E-state index contributed by atoms with van der Waals surface area (Å²) in [7, 11) is 0. The van der Waals surface area contributed by atoms with E-state index < -0.39 is 18.3 Å². The van der Waals surface area contributed by atoms with Crippen molar-refractivity contribution >= 4 is 6.09 Å². The van der Waals surface area contributed by atoms with E-state index in [2.05, 4.69) is 5.32 Å². The molecule has 1 saturated heterocycles. The number of hydrogen-bond donors (Lipinski definition) is 1. The van der Waals surface area contributed by atoms with E-state index in [0.717, 1.165) is 13.0 Å². The molecular weight excluding hydrogens is 211 g/mol. The number of hydrogen-bond acceptors (Lipinski definition) is 3. The Morgan fingerprint density at radius 3 is 2.69 bits per heavy atom. The van der Waals surface area contributed by atoms with Crippen molar-refractivity contribution in [3.05, 3.63) is 0 Å². The van der Waals surface area contributed by atoms with Gasteiger partial charge in [-0.05, 0) is 33.7 Å². The standard InChI is InChI=1S/C11H21FN2O2/c1-11(2,3)14(7-5-12)10(15)16-9-4-6-13-8-9/h9,13H,4-8H2,1-3H3/t9-/m1/s1. The first-order valence-electron chi connectivity index (χ1n) is 5.70. The van der Waals surface area contributed by atoms with Gasteiger partial charge in [0.2, 0.25) is 0 Å². The number of amides is 1. The maximum Gasteiger partial charge on any atom is 0.410 e. The largest absolute Gasteiger partial charge is 0.445 e. The van der Waals surface area contributed by atoms with Gasteiger partial charge in [-0.15, -0.1) is 0 Å². The van der Waals surface area contributed by atoms with Crippen LogP contribution in [-0.2, 0) is 4.74 Å². The number of nitrogens with zero attached hydrogens (tertiary/aromatic N) is 1. The van der Waals surface area contributed by atoms with Gasteiger partial charge in [0, 0.05) is 12.1 Å². The quantitative estimate of drug-likeness (QED) is 0.802. The third-order valence-electron chi connectivity index (χ3n) is 2.62. The van der Waals surface area contributed by atoms with E-state index >= 15 is 0 Å². The Kier molecular flexibility index (Phi) is 4.53. The molecule has 4 nitrogen and oxygen atoms in total. The highest BCUT2D eigenvalue weighted by molar-refractivity contribution is 5.68. The molecule has 0 unspecified atom stereocenters. The lowest BCUT2D eigenvalue weighted by Crippen LogP contribution is -2.48. The van der Waals surface area contributed by atoms with Crippen LogP contribution in [-0.4, -0.2) is 48.9 Å². The highest BCUT2D eigenvalue weighted by Crippen LogP contribution is 2.16. The van der Waals surface area contributed by atoms with Gasteiger partial charge in [-0.2, -0.15) is 0 Å². The predicted octanol–water partition coefficient (Wildman–Crippen LogP) is 1.55. The monoisotopic (exact) mass is 232 g/mol. The highest BCUT2D eigenvalue weighted by Gasteiger charge is 2.30. The summed E-state index contributed by atoms with van der Waals surface area (Å²) in [6.45, 7) is 6.72. The fraction of sp³-hybridized carbons (Fsp3) is 0.909. The fourth-order valence-corrected chi connectivity index (χ4v) is 1.72. The van der Waals surface area contributed by atoms with Gasteiger partial charge in [0.15, 0.2) is 0 Å². The molecule has 1 fully saturated rings. The Balaban J connectivity index is 2.52. The molecule has 0 saturated carbocycles. The first-order chi connectivity index (χ1) is 7.45. The molecule has 94 valence electrons. The zero-order valence-electron chi connectivity index (χ0n) is 10.3. The molecule has 1 rings (SSSR count). The summed E-state index contributed by atoms with van der Waals surface area (Å²) in [4.78, 5) is 13.3. The minimum atomic E-state index is -0.546. The second-order valence-corrected chi connectivity index (χ2v) is 5.01. The molecule has 5 heteroatoms. The molecule has 0 spiro atoms. The summed E-state index contributed by atoms with van der Waals surface area (Å²) < 4.78 is 17.7. The Morgan fingerprint density at radius 1 is 1.56 bits per heavy atom. The van der Waals surface area contributed by atoms with Gasteiger partial charge >= 0.3 is 6.09 Å². The summed E-state index contributed by atoms with van der Waals surface area (Å²) >= 11 is 0. The molecule has 0 aliphatic carbocycles. The number of halogens is 1. The fourth-order valence-electron chi connectivity index (χ4n) is 1.72. The Morgan fingerprint density at radius 2 is 2.25 bits per heavy atom. The van der Waals surface area contributed by atoms with Crippen molar-refractivity contribution in [3.8, 4) is 0 Å². The second kappa shape index (κ2) is 5.48. The maximum absolute atomic E-state index is 12.4. The number of carbonyl (C=O) groups is 1. The minimum absolute atomic E-state index is 0.0723. The molecule has 1 amide bonds. The van der Waals surface area contributed by atoms with Crippen LogP contribution in [0.3, 0.4) is 0 Å². The van der Waals surface area contributed by atoms with E-state index in [9.17, 15) is 9.18 Å². The number of alkyl halides is 1. The average molecular weight is 232 g/mol. The molecule has 1 atom stereocenters. The van der Waals surface area contributed by atoms with Gasteiger partial charge in [0.05, 0.1) is 6.54 Å². The van der Waals surface area contributed by atoms with Crippen molar-refractivity contribution in [3.63, 3.8) is 0 Å². The number of ether oxygens (including phenoxy) is 1. The van der Waals surface area contributed by atoms with Crippen LogP contribution in [0.1, 0.15) is 27.2 Å². The molecular formula is C11H21FN2O2. The summed E-state index contributed by atoms with van der Waals surface area (Å²) in [6, 6.07) is 0. The van der Waals surface area contributed by atoms with E-state index in [4.69, 9.17) is 4.74 Å². The molecule has 1 aliphatic heterocycles. The Bertz CT molecular complexity index is 235. The van der Waals surface area contributed by atoms with Crippen LogP contribution in [0, 0.1) is 0 Å². The SMILES string of the molecule is CC(C)(C)N(CCF)C(=O)O[C@@H]1CCNC1. The van der Waals surface area contributed by atoms with Crippen molar-refractivity contribution in [2.45, 2.75) is 38.8 Å². The van der Waals surface area contributed by atoms with Gasteiger partial charge in [0.1, 0.15) is 12.8 Å². The molecule has 0 bridgehead atoms. The van der Waals surface area contributed by atoms with E-state index in [1.807, 2.05) is 20.8 Å². The zero-order chi connectivity index (χ0) is 12.2. The topological polar surface area (TPSA) is 41.6 Å². The Labute approximate surface area is 96.1 Å². The summed E-state index contributed by atoms with van der Waals surface area (Å²) in [5.41, 5.74) is -0.408. The van der Waals surface area contributed by atoms with Gasteiger partial charge < -0.3 is 15.0 Å². The maximum atomic E-state index is 12.4. The van der Waals surface area contributed by atoms with Gasteiger partial charge in [-0.1, -0.05) is 0 Å². The summed E-state index contributed by atoms with van der Waals surface area (Å²) in [6.07, 6.45) is 0.343. The Hall–Kier alpha value is -0.840. The number of nitrogens with one attached hydrogen (secondary N) is 1. The zero-order valence-corrected chi connectivity index (χ0v) is 10.3. The smallest absolute Gasteiger partial charge is 0.410 e. The molecule has 0 aromatic carbocycles. The van der Waals surface area contributed by atoms with Crippen molar-refractivity contribution in [1.82, 2.24) is 10.2 Å². The van der Waals surface area contributed by atoms with E-state index in [1.54, 1.807) is 0 Å². The van der Waals surface area contributed by atoms with Crippen LogP contribution in [0.2, 0.25) is 0 Å². The van der Waals surface area contributed by atoms with Crippen LogP contribution in [0.15, 0.2) is 0 Å². The van der Waals surface area contributed by atoms with Crippen molar-refractivity contribution in [1.29, 1.82) is 0 Å². The van der Waals surface area contributed by atoms with E-state index in [-0.39, 0.29) is 12.6 Å². The van der Waals surface area contributed by atoms with Crippen LogP contribution >= 0.6 is 0 Å². The number of carbonyl (C=O) groups excluding carboxylic acids is 1. The first kappa shape index (κ1) is 13.2. The van der Waals surface area contributed by atoms with E-state index in [0.29, 0.717) is 6.54 Å². The lowest BCUT2D eigenvalue weighted by atomic mass is 10.1. The molecule has 1 aliphatic rings. The van der Waals surface area contributed by atoms with Crippen molar-refractivity contribution in [2.24, 2.45) is 0 Å². The van der Waals surface area contributed by atoms with Crippen LogP contribution in [0.4, 0.5) is 9.18 Å². The first-order valence-corrected chi connectivity index (χ1v) is 5.70. The van der Waals surface area contributed by atoms with Crippen molar-refractivity contribution < 1.29 is 13.9 Å². The van der Waals surface area contributed by atoms with Crippen LogP contribution < -0.4 is 5.32 Å². The highest BCUT2D eigenvalue weighted by atomic mass is 19.1. The normalized spacial score (nSPS) is 20.9. The van der Waals surface area contributed by atoms with Gasteiger partial charge in [-0.3, -0.25) is 0 Å². The molecule has 0 aromatic rings. The molecule has 1 heterocycles. The molecule has 0 radical (unpaired) electrons. The second-order valence-electron chi connectivity index (χ2n) is 5.01. The van der Waals surface area contributed by atoms with Gasteiger partial charge in [-0.25, -0.2) is 9.18 Å². The molecule has 0 aromatic heterocycles. The molecule has 16 heavy (non-hydrogen) atoms. The molecule has 1 N–H and O–H groups in total. The summed E-state index contributed by atoms with van der Waals surface area (Å²) in [5, 5.41) is 3.12. The minimum Gasteiger partial charge on any atom is -0.445 e. The third kappa shape index (κ3) is 3.63. The predicted molar refractivity (Wildman–Crippen MR) is 60.2 cm³/mol. The average Bonchev–Trinajstić information content (AvgIpc) is 2.64. The summed E-state index contributed by atoms with van der Waals surface area (Å²) in [5.74, 6) is 0. The van der Waals surface area contributed by atoms with Crippen LogP contribution in [0.25, 0.3) is 0 Å². The third-order valence-corrected chi connectivity index (χ3v) is 2.62. The number of rotatable bonds is 3. The lowest BCUT2D eigenvalue weighted by molar-refractivity contribution is 0.0407. The van der Waals surface area contributed by atoms with E-state index in [1.165, 1.54) is 4.90 Å².